The Morgan fingerprint density at radius 1 is 0.604 bits per heavy atom. The van der Waals surface area contributed by atoms with Crippen LogP contribution < -0.4 is 0 Å². The second kappa shape index (κ2) is 10.1. The van der Waals surface area contributed by atoms with Crippen LogP contribution in [0.2, 0.25) is 0 Å². The lowest BCUT2D eigenvalue weighted by molar-refractivity contribution is 0.662. The molecule has 0 bridgehead atoms. The minimum atomic E-state index is -0.449. The van der Waals surface area contributed by atoms with Gasteiger partial charge in [0.15, 0.2) is 22.9 Å². The van der Waals surface area contributed by atoms with E-state index < -0.39 is 18.1 Å². The van der Waals surface area contributed by atoms with Crippen LogP contribution in [0, 0.1) is 6.57 Å². The highest BCUT2D eigenvalue weighted by molar-refractivity contribution is 6.17. The molecule has 0 aliphatic rings. The SMILES string of the molecule is [2H]c1c([2H])c([2H])c(-c2ccc3c(c2)oc2c(-n4c5cc6ccccc6cc5c5cc6ccccc6cc54)nc(-c4cccc([N+]#[C-])c4)nc23)c([2H])c1[2H]. The molecule has 0 saturated carbocycles. The molecule has 0 amide bonds. The third-order valence-electron chi connectivity index (χ3n) is 9.03. The summed E-state index contributed by atoms with van der Waals surface area (Å²) in [6.07, 6.45) is 0. The summed E-state index contributed by atoms with van der Waals surface area (Å²) in [5.74, 6) is 0.913. The van der Waals surface area contributed by atoms with Crippen LogP contribution in [0.3, 0.4) is 0 Å². The van der Waals surface area contributed by atoms with Crippen molar-refractivity contribution >= 4 is 71.1 Å². The summed E-state index contributed by atoms with van der Waals surface area (Å²) >= 11 is 0. The summed E-state index contributed by atoms with van der Waals surface area (Å²) in [5.41, 5.74) is 4.87. The molecule has 3 aromatic heterocycles. The molecule has 5 heteroatoms. The monoisotopic (exact) mass is 617 g/mol. The van der Waals surface area contributed by atoms with Gasteiger partial charge in [-0.25, -0.2) is 14.8 Å². The second-order valence-corrected chi connectivity index (χ2v) is 11.8. The fraction of sp³-hybridized carbons (Fsp3) is 0. The van der Waals surface area contributed by atoms with Gasteiger partial charge in [0, 0.05) is 21.7 Å². The van der Waals surface area contributed by atoms with Gasteiger partial charge < -0.3 is 4.42 Å². The van der Waals surface area contributed by atoms with Gasteiger partial charge in [-0.3, -0.25) is 4.57 Å². The van der Waals surface area contributed by atoms with Crippen molar-refractivity contribution < 1.29 is 11.3 Å². The van der Waals surface area contributed by atoms with Crippen molar-refractivity contribution in [1.82, 2.24) is 14.5 Å². The van der Waals surface area contributed by atoms with Gasteiger partial charge in [0.1, 0.15) is 11.1 Å². The van der Waals surface area contributed by atoms with E-state index in [1.165, 1.54) is 0 Å². The Balaban J connectivity index is 1.34. The van der Waals surface area contributed by atoms with E-state index >= 15 is 0 Å². The number of hydrogen-bond donors (Lipinski definition) is 0. The topological polar surface area (TPSA) is 48.2 Å². The van der Waals surface area contributed by atoms with E-state index in [9.17, 15) is 0 Å². The van der Waals surface area contributed by atoms with Crippen LogP contribution in [0.25, 0.3) is 98.6 Å². The number of rotatable bonds is 3. The van der Waals surface area contributed by atoms with Crippen LogP contribution in [-0.4, -0.2) is 14.5 Å². The van der Waals surface area contributed by atoms with E-state index in [-0.39, 0.29) is 17.6 Å². The van der Waals surface area contributed by atoms with Crippen LogP contribution in [0.4, 0.5) is 5.69 Å². The molecular formula is C43H24N4O. The smallest absolute Gasteiger partial charge is 0.197 e. The van der Waals surface area contributed by atoms with Crippen LogP contribution in [0.15, 0.2) is 150 Å². The van der Waals surface area contributed by atoms with Crippen LogP contribution >= 0.6 is 0 Å². The average Bonchev–Trinajstić information content (AvgIpc) is 3.71. The predicted molar refractivity (Wildman–Crippen MR) is 196 cm³/mol. The van der Waals surface area contributed by atoms with Crippen molar-refractivity contribution in [3.63, 3.8) is 0 Å². The minimum Gasteiger partial charge on any atom is -0.450 e. The van der Waals surface area contributed by atoms with Crippen molar-refractivity contribution in [3.8, 4) is 28.3 Å². The molecule has 0 N–H and O–H groups in total. The van der Waals surface area contributed by atoms with E-state index in [1.54, 1.807) is 30.3 Å². The first-order valence-corrected chi connectivity index (χ1v) is 15.4. The molecule has 10 aromatic rings. The third-order valence-corrected chi connectivity index (χ3v) is 9.03. The number of furan rings is 1. The minimum absolute atomic E-state index is 0.0856. The summed E-state index contributed by atoms with van der Waals surface area (Å²) in [7, 11) is 0. The van der Waals surface area contributed by atoms with Crippen molar-refractivity contribution in [1.29, 1.82) is 0 Å². The Hall–Kier alpha value is -6.77. The Kier molecular flexibility index (Phi) is 4.61. The highest BCUT2D eigenvalue weighted by Crippen LogP contribution is 2.41. The maximum atomic E-state index is 8.59. The van der Waals surface area contributed by atoms with Crippen LogP contribution in [0.5, 0.6) is 0 Å². The molecule has 0 spiro atoms. The predicted octanol–water partition coefficient (Wildman–Crippen LogP) is 11.7. The Labute approximate surface area is 281 Å². The highest BCUT2D eigenvalue weighted by Gasteiger charge is 2.23. The number of aromatic nitrogens is 3. The fourth-order valence-electron chi connectivity index (χ4n) is 6.79. The quantitative estimate of drug-likeness (QED) is 0.185. The molecule has 0 saturated heterocycles. The van der Waals surface area contributed by atoms with Crippen molar-refractivity contribution in [2.75, 3.05) is 0 Å². The Morgan fingerprint density at radius 2 is 1.27 bits per heavy atom. The summed E-state index contributed by atoms with van der Waals surface area (Å²) < 4.78 is 50.5. The zero-order valence-corrected chi connectivity index (χ0v) is 25.2. The molecule has 10 rings (SSSR count). The van der Waals surface area contributed by atoms with Gasteiger partial charge in [-0.2, -0.15) is 0 Å². The van der Waals surface area contributed by atoms with Gasteiger partial charge in [0.2, 0.25) is 0 Å². The lowest BCUT2D eigenvalue weighted by Crippen LogP contribution is -2.02. The van der Waals surface area contributed by atoms with E-state index in [2.05, 4.69) is 57.9 Å². The highest BCUT2D eigenvalue weighted by atomic mass is 16.3. The van der Waals surface area contributed by atoms with E-state index in [4.69, 9.17) is 27.8 Å². The first-order chi connectivity index (χ1) is 25.8. The first kappa shape index (κ1) is 21.9. The Morgan fingerprint density at radius 3 is 1.94 bits per heavy atom. The van der Waals surface area contributed by atoms with Crippen molar-refractivity contribution in [2.45, 2.75) is 0 Å². The zero-order valence-electron chi connectivity index (χ0n) is 30.2. The van der Waals surface area contributed by atoms with Gasteiger partial charge >= 0.3 is 0 Å². The maximum absolute atomic E-state index is 8.59. The summed E-state index contributed by atoms with van der Waals surface area (Å²) in [6.45, 7) is 7.65. The largest absolute Gasteiger partial charge is 0.450 e. The first-order valence-electron chi connectivity index (χ1n) is 17.9. The molecule has 222 valence electrons. The lowest BCUT2D eigenvalue weighted by atomic mass is 10.0. The number of hydrogen-bond acceptors (Lipinski definition) is 3. The molecule has 7 aromatic carbocycles. The molecule has 3 heterocycles. The molecule has 0 unspecified atom stereocenters. The Bertz CT molecular complexity index is 3150. The number of nitrogens with zero attached hydrogens (tertiary/aromatic N) is 4. The average molecular weight is 618 g/mol. The molecule has 48 heavy (non-hydrogen) atoms. The molecule has 0 aliphatic heterocycles. The normalized spacial score (nSPS) is 13.2. The third kappa shape index (κ3) is 3.97. The van der Waals surface area contributed by atoms with Gasteiger partial charge in [-0.05, 0) is 75.1 Å². The van der Waals surface area contributed by atoms with Crippen molar-refractivity contribution in [3.05, 3.63) is 157 Å². The molecule has 5 nitrogen and oxygen atoms in total. The van der Waals surface area contributed by atoms with E-state index in [1.807, 2.05) is 36.4 Å². The van der Waals surface area contributed by atoms with Crippen LogP contribution in [-0.2, 0) is 0 Å². The van der Waals surface area contributed by atoms with Crippen molar-refractivity contribution in [2.24, 2.45) is 0 Å². The van der Waals surface area contributed by atoms with Gasteiger partial charge in [-0.1, -0.05) is 103 Å². The fourth-order valence-corrected chi connectivity index (χ4v) is 6.79. The number of fused-ring (bicyclic) bond motifs is 8. The molecule has 0 atom stereocenters. The van der Waals surface area contributed by atoms with E-state index in [0.717, 1.165) is 43.4 Å². The molecule has 0 aliphatic carbocycles. The van der Waals surface area contributed by atoms with Gasteiger partial charge in [-0.15, -0.1) is 0 Å². The van der Waals surface area contributed by atoms with Gasteiger partial charge in [0.25, 0.3) is 0 Å². The molecular weight excluding hydrogens is 589 g/mol. The standard InChI is InChI=1S/C43H24N4O/c1-44-33-17-9-16-32(20-33)42-45-40-34-19-18-31(26-10-3-2-4-11-26)25-39(34)48-41(40)43(46-42)47-37-23-29-14-7-5-12-27(29)21-35(37)36-22-28-13-6-8-15-30(28)24-38(36)47/h2-25H/i2D,3D,4D,10D,11D. The maximum Gasteiger partial charge on any atom is 0.197 e. The second-order valence-electron chi connectivity index (χ2n) is 11.8. The summed E-state index contributed by atoms with van der Waals surface area (Å²) in [5, 5.41) is 7.12. The lowest BCUT2D eigenvalue weighted by Gasteiger charge is -2.11. The zero-order chi connectivity index (χ0) is 36.1. The number of benzene rings is 7. The van der Waals surface area contributed by atoms with Crippen LogP contribution in [0.1, 0.15) is 6.85 Å². The molecule has 0 fully saturated rings. The van der Waals surface area contributed by atoms with Gasteiger partial charge in [0.05, 0.1) is 24.5 Å². The van der Waals surface area contributed by atoms with E-state index in [0.29, 0.717) is 50.5 Å². The summed E-state index contributed by atoms with van der Waals surface area (Å²) in [6, 6.07) is 35.8. The molecule has 0 radical (unpaired) electrons. The summed E-state index contributed by atoms with van der Waals surface area (Å²) in [4.78, 5) is 13.9.